The first-order valence-electron chi connectivity index (χ1n) is 6.03. The number of aromatic nitrogens is 2. The lowest BCUT2D eigenvalue weighted by atomic mass is 10.2. The fraction of sp³-hybridized carbons (Fsp3) is 0.385. The number of nitrogens with one attached hydrogen (secondary N) is 1. The molecular weight excluding hydrogens is 326 g/mol. The molecule has 0 aliphatic carbocycles. The zero-order valence-corrected chi connectivity index (χ0v) is 13.1. The Labute approximate surface area is 125 Å². The Kier molecular flexibility index (Phi) is 5.91. The first kappa shape index (κ1) is 14.6. The van der Waals surface area contributed by atoms with Crippen molar-refractivity contribution < 1.29 is 4.74 Å². The Morgan fingerprint density at radius 3 is 2.95 bits per heavy atom. The van der Waals surface area contributed by atoms with Crippen LogP contribution in [0, 0.1) is 0 Å². The van der Waals surface area contributed by atoms with Crippen molar-refractivity contribution in [3.63, 3.8) is 0 Å². The minimum atomic E-state index is 0.712. The van der Waals surface area contributed by atoms with Gasteiger partial charge in [0.05, 0.1) is 6.61 Å². The zero-order valence-electron chi connectivity index (χ0n) is 10.7. The molecule has 0 fully saturated rings. The average Bonchev–Trinajstić information content (AvgIpc) is 2.82. The molecule has 1 aromatic carbocycles. The van der Waals surface area contributed by atoms with Crippen molar-refractivity contribution in [3.05, 3.63) is 44.3 Å². The molecule has 0 bridgehead atoms. The molecule has 19 heavy (non-hydrogen) atoms. The molecule has 1 N–H and O–H groups in total. The van der Waals surface area contributed by atoms with Crippen LogP contribution in [0.5, 0.6) is 0 Å². The number of ether oxygens (including phenoxy) is 1. The highest BCUT2D eigenvalue weighted by atomic mass is 79.9. The lowest BCUT2D eigenvalue weighted by molar-refractivity contribution is 0.199. The summed E-state index contributed by atoms with van der Waals surface area (Å²) in [6.07, 6.45) is 0.829. The van der Waals surface area contributed by atoms with Gasteiger partial charge in [-0.3, -0.25) is 0 Å². The zero-order chi connectivity index (χ0) is 13.5. The Hall–Kier alpha value is -0.820. The maximum Gasteiger partial charge on any atom is 0.131 e. The van der Waals surface area contributed by atoms with E-state index in [0.717, 1.165) is 34.0 Å². The van der Waals surface area contributed by atoms with E-state index >= 15 is 0 Å². The molecule has 0 unspecified atom stereocenters. The quantitative estimate of drug-likeness (QED) is 0.786. The molecule has 0 amide bonds. The first-order chi connectivity index (χ1) is 9.28. The summed E-state index contributed by atoms with van der Waals surface area (Å²) in [5, 5.41) is 13.7. The standard InChI is InChI=1S/C13H16BrN3OS/c1-18-6-5-15-9-13-17-16-12(19-13)8-10-3-2-4-11(14)7-10/h2-4,7,15H,5-6,8-9H2,1H3. The second-order valence-electron chi connectivity index (χ2n) is 4.07. The highest BCUT2D eigenvalue weighted by Gasteiger charge is 2.05. The molecule has 4 nitrogen and oxygen atoms in total. The van der Waals surface area contributed by atoms with Gasteiger partial charge in [0, 0.05) is 31.1 Å². The fourth-order valence-corrected chi connectivity index (χ4v) is 2.92. The van der Waals surface area contributed by atoms with Gasteiger partial charge in [-0.05, 0) is 17.7 Å². The molecule has 102 valence electrons. The van der Waals surface area contributed by atoms with Crippen molar-refractivity contribution in [2.75, 3.05) is 20.3 Å². The van der Waals surface area contributed by atoms with Gasteiger partial charge in [-0.15, -0.1) is 10.2 Å². The van der Waals surface area contributed by atoms with E-state index in [4.69, 9.17) is 4.74 Å². The molecule has 0 saturated carbocycles. The van der Waals surface area contributed by atoms with Gasteiger partial charge in [-0.25, -0.2) is 0 Å². The number of methoxy groups -OCH3 is 1. The molecule has 0 atom stereocenters. The first-order valence-corrected chi connectivity index (χ1v) is 7.64. The van der Waals surface area contributed by atoms with Crippen LogP contribution in [-0.4, -0.2) is 30.5 Å². The van der Waals surface area contributed by atoms with Gasteiger partial charge in [0.25, 0.3) is 0 Å². The van der Waals surface area contributed by atoms with E-state index in [1.165, 1.54) is 5.56 Å². The van der Waals surface area contributed by atoms with Gasteiger partial charge < -0.3 is 10.1 Å². The van der Waals surface area contributed by atoms with E-state index in [0.29, 0.717) is 6.61 Å². The van der Waals surface area contributed by atoms with Gasteiger partial charge in [-0.2, -0.15) is 0 Å². The Bertz CT molecular complexity index is 518. The summed E-state index contributed by atoms with van der Waals surface area (Å²) in [6, 6.07) is 8.27. The number of rotatable bonds is 7. The Morgan fingerprint density at radius 2 is 2.16 bits per heavy atom. The predicted octanol–water partition coefficient (Wildman–Crippen LogP) is 2.63. The van der Waals surface area contributed by atoms with Crippen LogP contribution in [0.3, 0.4) is 0 Å². The lowest BCUT2D eigenvalue weighted by Crippen LogP contribution is -2.18. The maximum atomic E-state index is 4.98. The number of hydrogen-bond donors (Lipinski definition) is 1. The second-order valence-corrected chi connectivity index (χ2v) is 6.13. The molecule has 1 aromatic heterocycles. The Morgan fingerprint density at radius 1 is 1.32 bits per heavy atom. The topological polar surface area (TPSA) is 47.0 Å². The van der Waals surface area contributed by atoms with Crippen LogP contribution in [0.25, 0.3) is 0 Å². The van der Waals surface area contributed by atoms with Crippen molar-refractivity contribution in [1.29, 1.82) is 0 Å². The number of halogens is 1. The minimum absolute atomic E-state index is 0.712. The van der Waals surface area contributed by atoms with E-state index in [9.17, 15) is 0 Å². The van der Waals surface area contributed by atoms with Gasteiger partial charge in [0.1, 0.15) is 10.0 Å². The molecule has 0 saturated heterocycles. The minimum Gasteiger partial charge on any atom is -0.383 e. The summed E-state index contributed by atoms with van der Waals surface area (Å²) in [4.78, 5) is 0. The fourth-order valence-electron chi connectivity index (χ4n) is 1.62. The second kappa shape index (κ2) is 7.69. The van der Waals surface area contributed by atoms with Crippen LogP contribution in [0.1, 0.15) is 15.6 Å². The SMILES string of the molecule is COCCNCc1nnc(Cc2cccc(Br)c2)s1. The van der Waals surface area contributed by atoms with E-state index in [1.54, 1.807) is 18.4 Å². The molecule has 0 radical (unpaired) electrons. The van der Waals surface area contributed by atoms with Gasteiger partial charge in [0.2, 0.25) is 0 Å². The van der Waals surface area contributed by atoms with Gasteiger partial charge in [0.15, 0.2) is 0 Å². The van der Waals surface area contributed by atoms with Crippen molar-refractivity contribution >= 4 is 27.3 Å². The molecule has 2 rings (SSSR count). The number of nitrogens with zero attached hydrogens (tertiary/aromatic N) is 2. The summed E-state index contributed by atoms with van der Waals surface area (Å²) in [5.41, 5.74) is 1.24. The van der Waals surface area contributed by atoms with Crippen molar-refractivity contribution in [3.8, 4) is 0 Å². The molecule has 0 aliphatic heterocycles. The molecule has 1 heterocycles. The summed E-state index contributed by atoms with van der Waals surface area (Å²) in [7, 11) is 1.70. The van der Waals surface area contributed by atoms with Crippen LogP contribution in [0.2, 0.25) is 0 Å². The highest BCUT2D eigenvalue weighted by molar-refractivity contribution is 9.10. The summed E-state index contributed by atoms with van der Waals surface area (Å²) in [6.45, 7) is 2.29. The third-order valence-corrected chi connectivity index (χ3v) is 3.93. The normalized spacial score (nSPS) is 10.8. The van der Waals surface area contributed by atoms with Gasteiger partial charge >= 0.3 is 0 Å². The van der Waals surface area contributed by atoms with E-state index in [2.05, 4.69) is 43.6 Å². The Balaban J connectivity index is 1.87. The number of benzene rings is 1. The third-order valence-electron chi connectivity index (χ3n) is 2.51. The van der Waals surface area contributed by atoms with E-state index < -0.39 is 0 Å². The molecule has 6 heteroatoms. The van der Waals surface area contributed by atoms with Gasteiger partial charge in [-0.1, -0.05) is 39.4 Å². The van der Waals surface area contributed by atoms with Crippen LogP contribution >= 0.6 is 27.3 Å². The summed E-state index contributed by atoms with van der Waals surface area (Å²) >= 11 is 5.13. The van der Waals surface area contributed by atoms with Crippen LogP contribution in [0.4, 0.5) is 0 Å². The predicted molar refractivity (Wildman–Crippen MR) is 80.4 cm³/mol. The molecule has 0 spiro atoms. The third kappa shape index (κ3) is 4.99. The smallest absolute Gasteiger partial charge is 0.131 e. The largest absolute Gasteiger partial charge is 0.383 e. The van der Waals surface area contributed by atoms with E-state index in [1.807, 2.05) is 12.1 Å². The number of hydrogen-bond acceptors (Lipinski definition) is 5. The lowest BCUT2D eigenvalue weighted by Gasteiger charge is -1.99. The van der Waals surface area contributed by atoms with Crippen molar-refractivity contribution in [1.82, 2.24) is 15.5 Å². The molecule has 2 aromatic rings. The van der Waals surface area contributed by atoms with Crippen LogP contribution in [-0.2, 0) is 17.7 Å². The molecule has 0 aliphatic rings. The van der Waals surface area contributed by atoms with Crippen molar-refractivity contribution in [2.24, 2.45) is 0 Å². The van der Waals surface area contributed by atoms with Crippen molar-refractivity contribution in [2.45, 2.75) is 13.0 Å². The molecular formula is C13H16BrN3OS. The highest BCUT2D eigenvalue weighted by Crippen LogP contribution is 2.17. The average molecular weight is 342 g/mol. The summed E-state index contributed by atoms with van der Waals surface area (Å²) in [5.74, 6) is 0. The summed E-state index contributed by atoms with van der Waals surface area (Å²) < 4.78 is 6.07. The van der Waals surface area contributed by atoms with Crippen LogP contribution < -0.4 is 5.32 Å². The maximum absolute atomic E-state index is 4.98. The van der Waals surface area contributed by atoms with Crippen LogP contribution in [0.15, 0.2) is 28.7 Å². The van der Waals surface area contributed by atoms with E-state index in [-0.39, 0.29) is 0 Å². The monoisotopic (exact) mass is 341 g/mol.